The summed E-state index contributed by atoms with van der Waals surface area (Å²) in [5.74, 6) is 0.854. The van der Waals surface area contributed by atoms with Crippen molar-refractivity contribution in [2.24, 2.45) is 5.92 Å². The second kappa shape index (κ2) is 8.18. The highest BCUT2D eigenvalue weighted by Crippen LogP contribution is 2.25. The number of aromatic amines is 1. The minimum absolute atomic E-state index is 0.0493. The van der Waals surface area contributed by atoms with Gasteiger partial charge in [0.05, 0.1) is 19.0 Å². The molecule has 1 aliphatic heterocycles. The Labute approximate surface area is 140 Å². The number of nitrogens with zero attached hydrogens (tertiary/aromatic N) is 4. The summed E-state index contributed by atoms with van der Waals surface area (Å²) in [4.78, 5) is 26.6. The Morgan fingerprint density at radius 1 is 1.29 bits per heavy atom. The van der Waals surface area contributed by atoms with Crippen molar-refractivity contribution in [3.05, 3.63) is 5.82 Å². The van der Waals surface area contributed by atoms with Crippen molar-refractivity contribution in [3.8, 4) is 0 Å². The lowest BCUT2D eigenvalue weighted by molar-refractivity contribution is -0.134. The lowest BCUT2D eigenvalue weighted by atomic mass is 9.88. The molecule has 1 atom stereocenters. The number of nitrogens with one attached hydrogen (secondary N) is 3. The van der Waals surface area contributed by atoms with Gasteiger partial charge in [-0.05, 0) is 18.8 Å². The molecule has 132 valence electrons. The van der Waals surface area contributed by atoms with Gasteiger partial charge >= 0.3 is 0 Å². The maximum absolute atomic E-state index is 12.2. The molecule has 2 aliphatic rings. The van der Waals surface area contributed by atoms with Gasteiger partial charge in [-0.1, -0.05) is 24.5 Å². The van der Waals surface area contributed by atoms with Crippen LogP contribution in [0.2, 0.25) is 0 Å². The third kappa shape index (κ3) is 4.50. The maximum Gasteiger partial charge on any atom is 0.237 e. The van der Waals surface area contributed by atoms with Crippen LogP contribution in [0, 0.1) is 5.92 Å². The van der Waals surface area contributed by atoms with Crippen molar-refractivity contribution in [2.45, 2.75) is 51.1 Å². The van der Waals surface area contributed by atoms with E-state index < -0.39 is 0 Å². The number of piperazine rings is 1. The van der Waals surface area contributed by atoms with Crippen LogP contribution in [0.25, 0.3) is 0 Å². The van der Waals surface area contributed by atoms with Crippen molar-refractivity contribution in [2.75, 3.05) is 19.6 Å². The quantitative estimate of drug-likeness (QED) is 0.651. The highest BCUT2D eigenvalue weighted by molar-refractivity contribution is 5.88. The summed E-state index contributed by atoms with van der Waals surface area (Å²) < 4.78 is 0. The van der Waals surface area contributed by atoms with Gasteiger partial charge in [-0.2, -0.15) is 5.21 Å². The summed E-state index contributed by atoms with van der Waals surface area (Å²) in [6.45, 7) is 2.60. The van der Waals surface area contributed by atoms with E-state index in [0.29, 0.717) is 18.3 Å². The molecule has 1 saturated heterocycles. The van der Waals surface area contributed by atoms with E-state index >= 15 is 0 Å². The molecule has 1 aromatic rings. The SMILES string of the molecule is O=C(C[C@H]1C(=O)NCCN1CC1CCCCC1)NCc1nn[nH]n1. The molecule has 2 heterocycles. The summed E-state index contributed by atoms with van der Waals surface area (Å²) in [6, 6.07) is -0.383. The van der Waals surface area contributed by atoms with E-state index in [0.717, 1.165) is 13.1 Å². The molecule has 1 aromatic heterocycles. The average Bonchev–Trinajstić information content (AvgIpc) is 3.11. The maximum atomic E-state index is 12.2. The van der Waals surface area contributed by atoms with E-state index in [9.17, 15) is 9.59 Å². The number of amides is 2. The predicted octanol–water partition coefficient (Wildman–Crippen LogP) is -0.413. The van der Waals surface area contributed by atoms with Gasteiger partial charge in [-0.15, -0.1) is 10.2 Å². The normalized spacial score (nSPS) is 23.0. The van der Waals surface area contributed by atoms with E-state index in [2.05, 4.69) is 36.2 Å². The number of hydrogen-bond donors (Lipinski definition) is 3. The van der Waals surface area contributed by atoms with Crippen molar-refractivity contribution in [1.82, 2.24) is 36.2 Å². The van der Waals surface area contributed by atoms with Crippen LogP contribution in [0.3, 0.4) is 0 Å². The van der Waals surface area contributed by atoms with Crippen LogP contribution in [0.15, 0.2) is 0 Å². The van der Waals surface area contributed by atoms with Gasteiger partial charge in [-0.3, -0.25) is 14.5 Å². The zero-order valence-electron chi connectivity index (χ0n) is 13.8. The topological polar surface area (TPSA) is 116 Å². The van der Waals surface area contributed by atoms with E-state index in [1.165, 1.54) is 32.1 Å². The first-order valence-corrected chi connectivity index (χ1v) is 8.73. The van der Waals surface area contributed by atoms with Crippen LogP contribution in [-0.4, -0.2) is 63.0 Å². The molecule has 9 nitrogen and oxygen atoms in total. The van der Waals surface area contributed by atoms with Gasteiger partial charge in [0.2, 0.25) is 11.8 Å². The summed E-state index contributed by atoms with van der Waals surface area (Å²) in [7, 11) is 0. The molecule has 1 aliphatic carbocycles. The summed E-state index contributed by atoms with van der Waals surface area (Å²) in [6.07, 6.45) is 6.50. The second-order valence-corrected chi connectivity index (χ2v) is 6.61. The minimum Gasteiger partial charge on any atom is -0.353 e. The molecular weight excluding hydrogens is 310 g/mol. The highest BCUT2D eigenvalue weighted by Gasteiger charge is 2.33. The van der Waals surface area contributed by atoms with Crippen LogP contribution in [-0.2, 0) is 16.1 Å². The zero-order chi connectivity index (χ0) is 16.8. The number of tetrazole rings is 1. The molecule has 3 N–H and O–H groups in total. The molecule has 0 spiro atoms. The number of aromatic nitrogens is 4. The second-order valence-electron chi connectivity index (χ2n) is 6.61. The van der Waals surface area contributed by atoms with Gasteiger partial charge in [0.15, 0.2) is 5.82 Å². The van der Waals surface area contributed by atoms with Gasteiger partial charge in [-0.25, -0.2) is 0 Å². The number of H-pyrrole nitrogens is 1. The largest absolute Gasteiger partial charge is 0.353 e. The molecule has 3 rings (SSSR count). The van der Waals surface area contributed by atoms with E-state index in [4.69, 9.17) is 0 Å². The Balaban J connectivity index is 1.52. The molecule has 0 bridgehead atoms. The average molecular weight is 335 g/mol. The first-order chi connectivity index (χ1) is 11.7. The number of carbonyl (C=O) groups excluding carboxylic acids is 2. The Hall–Kier alpha value is -2.03. The van der Waals surface area contributed by atoms with Gasteiger partial charge < -0.3 is 10.6 Å². The van der Waals surface area contributed by atoms with Crippen molar-refractivity contribution in [3.63, 3.8) is 0 Å². The monoisotopic (exact) mass is 335 g/mol. The molecule has 2 fully saturated rings. The van der Waals surface area contributed by atoms with Crippen LogP contribution in [0.1, 0.15) is 44.3 Å². The molecule has 9 heteroatoms. The van der Waals surface area contributed by atoms with Crippen molar-refractivity contribution >= 4 is 11.8 Å². The van der Waals surface area contributed by atoms with Crippen LogP contribution in [0.4, 0.5) is 0 Å². The third-order valence-electron chi connectivity index (χ3n) is 4.87. The predicted molar refractivity (Wildman–Crippen MR) is 85.6 cm³/mol. The zero-order valence-corrected chi connectivity index (χ0v) is 13.8. The Morgan fingerprint density at radius 3 is 2.88 bits per heavy atom. The highest BCUT2D eigenvalue weighted by atomic mass is 16.2. The lowest BCUT2D eigenvalue weighted by Gasteiger charge is -2.37. The molecule has 2 amide bonds. The fraction of sp³-hybridized carbons (Fsp3) is 0.800. The Bertz CT molecular complexity index is 542. The number of rotatable bonds is 6. The van der Waals surface area contributed by atoms with Crippen LogP contribution in [0.5, 0.6) is 0 Å². The first-order valence-electron chi connectivity index (χ1n) is 8.73. The molecular formula is C15H25N7O2. The fourth-order valence-corrected chi connectivity index (χ4v) is 3.59. The smallest absolute Gasteiger partial charge is 0.237 e. The van der Waals surface area contributed by atoms with Crippen LogP contribution >= 0.6 is 0 Å². The first kappa shape index (κ1) is 16.8. The van der Waals surface area contributed by atoms with Crippen molar-refractivity contribution < 1.29 is 9.59 Å². The summed E-state index contributed by atoms with van der Waals surface area (Å²) in [5.41, 5.74) is 0. The number of carbonyl (C=O) groups is 2. The lowest BCUT2D eigenvalue weighted by Crippen LogP contribution is -2.57. The molecule has 24 heavy (non-hydrogen) atoms. The molecule has 0 aromatic carbocycles. The van der Waals surface area contributed by atoms with E-state index in [1.54, 1.807) is 0 Å². The minimum atomic E-state index is -0.383. The molecule has 1 saturated carbocycles. The van der Waals surface area contributed by atoms with Gasteiger partial charge in [0.1, 0.15) is 0 Å². The standard InChI is InChI=1S/C15H25N7O2/c23-14(17-9-13-18-20-21-19-13)8-12-15(24)16-6-7-22(12)10-11-4-2-1-3-5-11/h11-12H,1-10H2,(H,16,24)(H,17,23)(H,18,19,20,21)/t12-/m0/s1. The molecule has 0 radical (unpaired) electrons. The molecule has 0 unspecified atom stereocenters. The Morgan fingerprint density at radius 2 is 2.12 bits per heavy atom. The summed E-state index contributed by atoms with van der Waals surface area (Å²) >= 11 is 0. The van der Waals surface area contributed by atoms with E-state index in [1.807, 2.05) is 0 Å². The van der Waals surface area contributed by atoms with Crippen LogP contribution < -0.4 is 10.6 Å². The fourth-order valence-electron chi connectivity index (χ4n) is 3.59. The Kier molecular flexibility index (Phi) is 5.73. The van der Waals surface area contributed by atoms with Crippen molar-refractivity contribution in [1.29, 1.82) is 0 Å². The third-order valence-corrected chi connectivity index (χ3v) is 4.87. The van der Waals surface area contributed by atoms with Gasteiger partial charge in [0.25, 0.3) is 0 Å². The number of hydrogen-bond acceptors (Lipinski definition) is 6. The van der Waals surface area contributed by atoms with E-state index in [-0.39, 0.29) is 30.8 Å². The van der Waals surface area contributed by atoms with Gasteiger partial charge in [0, 0.05) is 19.6 Å². The summed E-state index contributed by atoms with van der Waals surface area (Å²) in [5, 5.41) is 19.0.